The lowest BCUT2D eigenvalue weighted by Gasteiger charge is -2.26. The minimum atomic E-state index is 0.144. The minimum absolute atomic E-state index is 0.144. The molecule has 1 rings (SSSR count). The summed E-state index contributed by atoms with van der Waals surface area (Å²) in [5, 5.41) is 16.3. The topological polar surface area (TPSA) is 50.9 Å². The van der Waals surface area contributed by atoms with Crippen LogP contribution in [0.1, 0.15) is 20.3 Å². The summed E-state index contributed by atoms with van der Waals surface area (Å²) in [6.45, 7) is 5.93. The van der Waals surface area contributed by atoms with Crippen LogP contribution in [0.4, 0.5) is 0 Å². The molecule has 1 radical (unpaired) electrons. The molecule has 0 aromatic rings. The summed E-state index contributed by atoms with van der Waals surface area (Å²) in [5.74, 6) is 1.15. The third kappa shape index (κ3) is 3.08. The number of hydrogen-bond acceptors (Lipinski definition) is 3. The van der Waals surface area contributed by atoms with E-state index in [0.29, 0.717) is 11.8 Å². The maximum absolute atomic E-state index is 10.7. The summed E-state index contributed by atoms with van der Waals surface area (Å²) in [7, 11) is 2.98. The van der Waals surface area contributed by atoms with Crippen molar-refractivity contribution in [3.05, 3.63) is 12.3 Å². The number of rotatable bonds is 2. The Morgan fingerprint density at radius 2 is 2.00 bits per heavy atom. The second-order valence-electron chi connectivity index (χ2n) is 3.77. The Morgan fingerprint density at radius 3 is 2.46 bits per heavy atom. The molecule has 0 aromatic carbocycles. The second kappa shape index (κ2) is 4.30. The minimum Gasteiger partial charge on any atom is -0.456 e. The van der Waals surface area contributed by atoms with Gasteiger partial charge in [0.15, 0.2) is 0 Å². The Labute approximate surface area is 78.5 Å². The van der Waals surface area contributed by atoms with Crippen molar-refractivity contribution >= 4 is 0 Å². The van der Waals surface area contributed by atoms with Gasteiger partial charge in [-0.25, -0.2) is 0 Å². The molecular formula is C8H16N3O2. The van der Waals surface area contributed by atoms with Crippen LogP contribution in [-0.2, 0) is 4.84 Å². The number of nitrogens with zero attached hydrogens (tertiary/aromatic N) is 3. The van der Waals surface area contributed by atoms with Crippen molar-refractivity contribution in [1.29, 1.82) is 0 Å². The van der Waals surface area contributed by atoms with E-state index in [4.69, 9.17) is 0 Å². The van der Waals surface area contributed by atoms with Crippen molar-refractivity contribution in [2.24, 2.45) is 17.1 Å². The van der Waals surface area contributed by atoms with Gasteiger partial charge >= 0.3 is 0 Å². The maximum Gasteiger partial charge on any atom is 0.130 e. The van der Waals surface area contributed by atoms with Gasteiger partial charge in [0.05, 0.1) is 5.02 Å². The molecule has 0 aliphatic carbocycles. The van der Waals surface area contributed by atoms with Crippen LogP contribution in [0.2, 0.25) is 0 Å². The zero-order valence-electron chi connectivity index (χ0n) is 8.14. The molecule has 0 bridgehead atoms. The molecule has 1 saturated heterocycles. The summed E-state index contributed by atoms with van der Waals surface area (Å²) >= 11 is 0. The Bertz CT molecular complexity index is 186. The van der Waals surface area contributed by atoms with Gasteiger partial charge in [0.1, 0.15) is 18.3 Å². The molecule has 1 fully saturated rings. The highest BCUT2D eigenvalue weighted by molar-refractivity contribution is 4.71. The van der Waals surface area contributed by atoms with Gasteiger partial charge in [-0.05, 0) is 18.3 Å². The average Bonchev–Trinajstić information content (AvgIpc) is 2.02. The zero-order valence-corrected chi connectivity index (χ0v) is 8.14. The molecule has 1 aliphatic heterocycles. The molecular weight excluding hydrogens is 170 g/mol. The Morgan fingerprint density at radius 1 is 1.46 bits per heavy atom. The molecule has 0 saturated carbocycles. The standard InChI is InChI=1S/C8H16N3O2/c1-7-4-8(2)6-10(5-7)9-11(12)13-3/h7-8H,3-6H2,1-2H3/b11-9+. The van der Waals surface area contributed by atoms with Gasteiger partial charge in [0.25, 0.3) is 0 Å². The first-order chi connectivity index (χ1) is 6.11. The van der Waals surface area contributed by atoms with Gasteiger partial charge in [-0.1, -0.05) is 13.8 Å². The van der Waals surface area contributed by atoms with Crippen LogP contribution < -0.4 is 0 Å². The molecule has 0 aromatic heterocycles. The molecule has 1 heterocycles. The largest absolute Gasteiger partial charge is 0.456 e. The van der Waals surface area contributed by atoms with Crippen LogP contribution in [0.5, 0.6) is 0 Å². The number of piperidine rings is 1. The summed E-state index contributed by atoms with van der Waals surface area (Å²) in [6.07, 6.45) is 1.19. The Kier molecular flexibility index (Phi) is 3.33. The predicted molar refractivity (Wildman–Crippen MR) is 47.0 cm³/mol. The normalized spacial score (nSPS) is 30.4. The van der Waals surface area contributed by atoms with E-state index in [1.807, 2.05) is 0 Å². The SMILES string of the molecule is [CH2]O/[N+]([O-])=N/N1CC(C)CC(C)C1. The van der Waals surface area contributed by atoms with Crippen LogP contribution in [0.25, 0.3) is 0 Å². The van der Waals surface area contributed by atoms with Crippen molar-refractivity contribution in [1.82, 2.24) is 5.01 Å². The van der Waals surface area contributed by atoms with E-state index in [2.05, 4.69) is 31.0 Å². The van der Waals surface area contributed by atoms with Gasteiger partial charge < -0.3 is 10.0 Å². The highest BCUT2D eigenvalue weighted by Crippen LogP contribution is 2.20. The van der Waals surface area contributed by atoms with Crippen LogP contribution in [0, 0.1) is 24.2 Å². The first kappa shape index (κ1) is 10.1. The van der Waals surface area contributed by atoms with E-state index in [1.54, 1.807) is 5.01 Å². The second-order valence-corrected chi connectivity index (χ2v) is 3.77. The molecule has 0 amide bonds. The molecule has 0 spiro atoms. The molecule has 1 aliphatic rings. The summed E-state index contributed by atoms with van der Waals surface area (Å²) in [6, 6.07) is 0. The lowest BCUT2D eigenvalue weighted by atomic mass is 9.93. The fraction of sp³-hybridized carbons (Fsp3) is 0.875. The van der Waals surface area contributed by atoms with Gasteiger partial charge in [-0.3, -0.25) is 0 Å². The fourth-order valence-corrected chi connectivity index (χ4v) is 1.83. The molecule has 5 heteroatoms. The summed E-state index contributed by atoms with van der Waals surface area (Å²) in [5.41, 5.74) is 0. The first-order valence-corrected chi connectivity index (χ1v) is 4.47. The van der Waals surface area contributed by atoms with Crippen LogP contribution in [0.15, 0.2) is 5.22 Å². The van der Waals surface area contributed by atoms with Crippen molar-refractivity contribution in [3.8, 4) is 0 Å². The third-order valence-corrected chi connectivity index (χ3v) is 2.16. The molecule has 2 atom stereocenters. The fourth-order valence-electron chi connectivity index (χ4n) is 1.83. The van der Waals surface area contributed by atoms with E-state index in [9.17, 15) is 5.21 Å². The maximum atomic E-state index is 10.7. The van der Waals surface area contributed by atoms with Gasteiger partial charge in [0.2, 0.25) is 0 Å². The average molecular weight is 186 g/mol. The highest BCUT2D eigenvalue weighted by atomic mass is 16.9. The van der Waals surface area contributed by atoms with Crippen molar-refractivity contribution in [3.63, 3.8) is 0 Å². The summed E-state index contributed by atoms with van der Waals surface area (Å²) in [4.78, 5) is 4.14. The number of hydrogen-bond donors (Lipinski definition) is 0. The molecule has 2 unspecified atom stereocenters. The quantitative estimate of drug-likeness (QED) is 0.486. The lowest BCUT2D eigenvalue weighted by Crippen LogP contribution is -2.35. The van der Waals surface area contributed by atoms with E-state index < -0.39 is 0 Å². The molecule has 0 N–H and O–H groups in total. The molecule has 75 valence electrons. The predicted octanol–water partition coefficient (Wildman–Crippen LogP) is 1.56. The van der Waals surface area contributed by atoms with Crippen molar-refractivity contribution in [2.75, 3.05) is 13.1 Å². The zero-order chi connectivity index (χ0) is 9.84. The molecule has 5 nitrogen and oxygen atoms in total. The van der Waals surface area contributed by atoms with Crippen molar-refractivity contribution in [2.45, 2.75) is 20.3 Å². The van der Waals surface area contributed by atoms with Crippen LogP contribution in [-0.4, -0.2) is 23.1 Å². The Balaban J connectivity index is 2.50. The first-order valence-electron chi connectivity index (χ1n) is 4.47. The van der Waals surface area contributed by atoms with Gasteiger partial charge in [-0.2, -0.15) is 5.01 Å². The summed E-state index contributed by atoms with van der Waals surface area (Å²) < 4.78 is 0. The van der Waals surface area contributed by atoms with E-state index in [-0.39, 0.29) is 5.02 Å². The van der Waals surface area contributed by atoms with Crippen LogP contribution in [0.3, 0.4) is 0 Å². The van der Waals surface area contributed by atoms with Crippen LogP contribution >= 0.6 is 0 Å². The Hall–Kier alpha value is -1.00. The smallest absolute Gasteiger partial charge is 0.130 e. The molecule has 13 heavy (non-hydrogen) atoms. The van der Waals surface area contributed by atoms with Gasteiger partial charge in [-0.15, -0.1) is 0 Å². The highest BCUT2D eigenvalue weighted by Gasteiger charge is 2.26. The lowest BCUT2D eigenvalue weighted by molar-refractivity contribution is -0.782. The van der Waals surface area contributed by atoms with E-state index in [1.165, 1.54) is 6.42 Å². The van der Waals surface area contributed by atoms with E-state index >= 15 is 0 Å². The van der Waals surface area contributed by atoms with Crippen molar-refractivity contribution < 1.29 is 9.86 Å². The van der Waals surface area contributed by atoms with E-state index in [0.717, 1.165) is 13.1 Å². The third-order valence-electron chi connectivity index (χ3n) is 2.16. The van der Waals surface area contributed by atoms with Gasteiger partial charge in [0, 0.05) is 7.11 Å². The monoisotopic (exact) mass is 186 g/mol.